The van der Waals surface area contributed by atoms with E-state index < -0.39 is 6.04 Å². The van der Waals surface area contributed by atoms with E-state index in [2.05, 4.69) is 15.3 Å². The standard InChI is InChI=1S/C20H21N3O2/c1-13(2)12-17(24)23-18(15-7-10-21-11-8-15)16-6-5-14-4-3-9-22-19(14)20(16)25/h3-11,13,18,25H,12H2,1-2H3,(H,23,24). The summed E-state index contributed by atoms with van der Waals surface area (Å²) in [6.45, 7) is 4.00. The summed E-state index contributed by atoms with van der Waals surface area (Å²) in [6, 6.07) is 10.7. The zero-order valence-corrected chi connectivity index (χ0v) is 14.3. The fourth-order valence-corrected chi connectivity index (χ4v) is 2.87. The average molecular weight is 335 g/mol. The van der Waals surface area contributed by atoms with E-state index in [4.69, 9.17) is 0 Å². The number of aromatic nitrogens is 2. The lowest BCUT2D eigenvalue weighted by Gasteiger charge is -2.21. The van der Waals surface area contributed by atoms with E-state index in [0.717, 1.165) is 10.9 Å². The van der Waals surface area contributed by atoms with Crippen molar-refractivity contribution < 1.29 is 9.90 Å². The number of amides is 1. The Balaban J connectivity index is 2.05. The molecule has 2 heterocycles. The second-order valence-corrected chi connectivity index (χ2v) is 6.46. The van der Waals surface area contributed by atoms with Crippen molar-refractivity contribution in [2.45, 2.75) is 26.3 Å². The molecule has 0 saturated heterocycles. The van der Waals surface area contributed by atoms with Crippen molar-refractivity contribution in [1.82, 2.24) is 15.3 Å². The summed E-state index contributed by atoms with van der Waals surface area (Å²) < 4.78 is 0. The number of carbonyl (C=O) groups excluding carboxylic acids is 1. The van der Waals surface area contributed by atoms with Crippen LogP contribution in [0.15, 0.2) is 55.0 Å². The quantitative estimate of drug-likeness (QED) is 0.747. The minimum atomic E-state index is -0.458. The highest BCUT2D eigenvalue weighted by molar-refractivity contribution is 5.86. The van der Waals surface area contributed by atoms with Crippen molar-refractivity contribution in [2.24, 2.45) is 5.92 Å². The maximum Gasteiger partial charge on any atom is 0.221 e. The number of carbonyl (C=O) groups is 1. The van der Waals surface area contributed by atoms with Crippen LogP contribution in [0.1, 0.15) is 37.4 Å². The third-order valence-corrected chi connectivity index (χ3v) is 4.03. The van der Waals surface area contributed by atoms with Gasteiger partial charge in [0, 0.05) is 36.0 Å². The molecule has 2 aromatic heterocycles. The van der Waals surface area contributed by atoms with Crippen molar-refractivity contribution >= 4 is 16.8 Å². The Bertz CT molecular complexity index is 879. The van der Waals surface area contributed by atoms with Gasteiger partial charge >= 0.3 is 0 Å². The summed E-state index contributed by atoms with van der Waals surface area (Å²) in [7, 11) is 0. The molecule has 0 radical (unpaired) electrons. The summed E-state index contributed by atoms with van der Waals surface area (Å²) in [5, 5.41) is 14.6. The van der Waals surface area contributed by atoms with Crippen molar-refractivity contribution in [3.05, 3.63) is 66.1 Å². The van der Waals surface area contributed by atoms with Crippen molar-refractivity contribution in [3.63, 3.8) is 0 Å². The van der Waals surface area contributed by atoms with Gasteiger partial charge < -0.3 is 10.4 Å². The largest absolute Gasteiger partial charge is 0.505 e. The second kappa shape index (κ2) is 7.30. The van der Waals surface area contributed by atoms with Crippen LogP contribution in [0.25, 0.3) is 10.9 Å². The first-order chi connectivity index (χ1) is 12.1. The van der Waals surface area contributed by atoms with Crippen LogP contribution in [-0.4, -0.2) is 21.0 Å². The van der Waals surface area contributed by atoms with E-state index in [1.807, 2.05) is 50.2 Å². The predicted molar refractivity (Wildman–Crippen MR) is 97.1 cm³/mol. The van der Waals surface area contributed by atoms with Gasteiger partial charge in [0.2, 0.25) is 5.91 Å². The number of aromatic hydroxyl groups is 1. The zero-order valence-electron chi connectivity index (χ0n) is 14.3. The number of fused-ring (bicyclic) bond motifs is 1. The molecule has 0 saturated carbocycles. The van der Waals surface area contributed by atoms with Crippen LogP contribution in [-0.2, 0) is 4.79 Å². The number of rotatable bonds is 5. The predicted octanol–water partition coefficient (Wildman–Crippen LogP) is 3.59. The molecule has 2 N–H and O–H groups in total. The summed E-state index contributed by atoms with van der Waals surface area (Å²) >= 11 is 0. The second-order valence-electron chi connectivity index (χ2n) is 6.46. The number of hydrogen-bond donors (Lipinski definition) is 2. The molecule has 5 heteroatoms. The molecule has 0 fully saturated rings. The summed E-state index contributed by atoms with van der Waals surface area (Å²) in [6.07, 6.45) is 5.42. The van der Waals surface area contributed by atoms with Gasteiger partial charge in [-0.25, -0.2) is 0 Å². The molecule has 1 unspecified atom stereocenters. The van der Waals surface area contributed by atoms with E-state index in [-0.39, 0.29) is 17.6 Å². The molecule has 1 atom stereocenters. The molecule has 1 aromatic carbocycles. The van der Waals surface area contributed by atoms with E-state index in [1.165, 1.54) is 0 Å². The molecule has 0 aliphatic carbocycles. The first-order valence-corrected chi connectivity index (χ1v) is 8.32. The zero-order chi connectivity index (χ0) is 17.8. The monoisotopic (exact) mass is 335 g/mol. The Morgan fingerprint density at radius 2 is 1.88 bits per heavy atom. The molecule has 128 valence electrons. The van der Waals surface area contributed by atoms with Crippen LogP contribution < -0.4 is 5.32 Å². The van der Waals surface area contributed by atoms with Gasteiger partial charge in [-0.05, 0) is 29.7 Å². The lowest BCUT2D eigenvalue weighted by molar-refractivity contribution is -0.122. The van der Waals surface area contributed by atoms with Crippen molar-refractivity contribution in [3.8, 4) is 5.75 Å². The Morgan fingerprint density at radius 3 is 2.60 bits per heavy atom. The van der Waals surface area contributed by atoms with Gasteiger partial charge in [0.1, 0.15) is 11.3 Å². The van der Waals surface area contributed by atoms with Crippen LogP contribution in [0.2, 0.25) is 0 Å². The summed E-state index contributed by atoms with van der Waals surface area (Å²) in [5.74, 6) is 0.284. The minimum absolute atomic E-state index is 0.0580. The molecular weight excluding hydrogens is 314 g/mol. The molecule has 0 aliphatic rings. The SMILES string of the molecule is CC(C)CC(=O)NC(c1ccncc1)c1ccc2cccnc2c1O. The van der Waals surface area contributed by atoms with Crippen LogP contribution in [0, 0.1) is 5.92 Å². The lowest BCUT2D eigenvalue weighted by atomic mass is 9.96. The van der Waals surface area contributed by atoms with E-state index in [0.29, 0.717) is 17.5 Å². The van der Waals surface area contributed by atoms with E-state index in [1.54, 1.807) is 18.6 Å². The molecule has 1 amide bonds. The fraction of sp³-hybridized carbons (Fsp3) is 0.250. The van der Waals surface area contributed by atoms with Gasteiger partial charge in [0.25, 0.3) is 0 Å². The van der Waals surface area contributed by atoms with Gasteiger partial charge in [0.05, 0.1) is 6.04 Å². The van der Waals surface area contributed by atoms with Gasteiger partial charge in [-0.1, -0.05) is 32.0 Å². The Kier molecular flexibility index (Phi) is 4.93. The topological polar surface area (TPSA) is 75.1 Å². The highest BCUT2D eigenvalue weighted by Crippen LogP contribution is 2.34. The summed E-state index contributed by atoms with van der Waals surface area (Å²) in [4.78, 5) is 20.7. The van der Waals surface area contributed by atoms with E-state index in [9.17, 15) is 9.90 Å². The van der Waals surface area contributed by atoms with Crippen molar-refractivity contribution in [1.29, 1.82) is 0 Å². The highest BCUT2D eigenvalue weighted by Gasteiger charge is 2.22. The van der Waals surface area contributed by atoms with Crippen LogP contribution in [0.4, 0.5) is 0 Å². The van der Waals surface area contributed by atoms with Crippen molar-refractivity contribution in [2.75, 3.05) is 0 Å². The highest BCUT2D eigenvalue weighted by atomic mass is 16.3. The Hall–Kier alpha value is -2.95. The lowest BCUT2D eigenvalue weighted by Crippen LogP contribution is -2.30. The molecule has 0 aliphatic heterocycles. The number of phenolic OH excluding ortho intramolecular Hbond substituents is 1. The molecule has 3 rings (SSSR count). The average Bonchev–Trinajstić information content (AvgIpc) is 2.61. The van der Waals surface area contributed by atoms with Gasteiger partial charge in [-0.2, -0.15) is 0 Å². The number of nitrogens with zero attached hydrogens (tertiary/aromatic N) is 2. The fourth-order valence-electron chi connectivity index (χ4n) is 2.87. The number of hydrogen-bond acceptors (Lipinski definition) is 4. The van der Waals surface area contributed by atoms with Gasteiger partial charge in [-0.3, -0.25) is 14.8 Å². The normalized spacial score (nSPS) is 12.3. The third-order valence-electron chi connectivity index (χ3n) is 4.03. The molecule has 0 spiro atoms. The van der Waals surface area contributed by atoms with Gasteiger partial charge in [-0.15, -0.1) is 0 Å². The smallest absolute Gasteiger partial charge is 0.221 e. The Morgan fingerprint density at radius 1 is 1.12 bits per heavy atom. The molecular formula is C20H21N3O2. The van der Waals surface area contributed by atoms with Crippen LogP contribution in [0.3, 0.4) is 0 Å². The summed E-state index contributed by atoms with van der Waals surface area (Å²) in [5.41, 5.74) is 2.00. The van der Waals surface area contributed by atoms with E-state index >= 15 is 0 Å². The first kappa shape index (κ1) is 16.9. The molecule has 25 heavy (non-hydrogen) atoms. The van der Waals surface area contributed by atoms with Crippen LogP contribution in [0.5, 0.6) is 5.75 Å². The molecule has 3 aromatic rings. The minimum Gasteiger partial charge on any atom is -0.505 e. The third kappa shape index (κ3) is 3.76. The first-order valence-electron chi connectivity index (χ1n) is 8.32. The van der Waals surface area contributed by atoms with Gasteiger partial charge in [0.15, 0.2) is 0 Å². The molecule has 0 bridgehead atoms. The number of phenols is 1. The Labute approximate surface area is 146 Å². The number of nitrogens with one attached hydrogen (secondary N) is 1. The maximum atomic E-state index is 12.4. The number of pyridine rings is 2. The van der Waals surface area contributed by atoms with Crippen LogP contribution >= 0.6 is 0 Å². The number of benzene rings is 1. The molecule has 5 nitrogen and oxygen atoms in total. The maximum absolute atomic E-state index is 12.4.